The minimum atomic E-state index is -0.262. The molecule has 6 heteroatoms. The number of carbonyl (C=O) groups is 1. The number of nitrogens with zero attached hydrogens (tertiary/aromatic N) is 3. The Kier molecular flexibility index (Phi) is 5.39. The van der Waals surface area contributed by atoms with Gasteiger partial charge < -0.3 is 19.9 Å². The lowest BCUT2D eigenvalue weighted by Crippen LogP contribution is -2.41. The first-order valence-electron chi connectivity index (χ1n) is 7.13. The minimum absolute atomic E-state index is 0.0946. The lowest BCUT2D eigenvalue weighted by atomic mass is 10.2. The number of anilines is 2. The van der Waals surface area contributed by atoms with Gasteiger partial charge in [-0.2, -0.15) is 5.26 Å². The maximum absolute atomic E-state index is 12.3. The third-order valence-corrected chi connectivity index (χ3v) is 3.39. The number of rotatable bonds is 4. The van der Waals surface area contributed by atoms with Crippen molar-refractivity contribution < 1.29 is 9.53 Å². The SMILES string of the molecule is CN(C)c1cccc(N/C=C(/C#N)C(=O)N2CCOCC2)c1. The molecule has 1 amide bonds. The molecule has 6 nitrogen and oxygen atoms in total. The van der Waals surface area contributed by atoms with E-state index >= 15 is 0 Å². The zero-order valence-electron chi connectivity index (χ0n) is 12.9. The van der Waals surface area contributed by atoms with Crippen LogP contribution in [0.15, 0.2) is 36.0 Å². The van der Waals surface area contributed by atoms with Gasteiger partial charge in [-0.15, -0.1) is 0 Å². The summed E-state index contributed by atoms with van der Waals surface area (Å²) in [6.07, 6.45) is 1.46. The van der Waals surface area contributed by atoms with E-state index in [0.29, 0.717) is 26.3 Å². The van der Waals surface area contributed by atoms with Crippen molar-refractivity contribution >= 4 is 17.3 Å². The molecule has 1 aromatic rings. The molecule has 22 heavy (non-hydrogen) atoms. The van der Waals surface area contributed by atoms with E-state index < -0.39 is 0 Å². The number of morpholine rings is 1. The molecular weight excluding hydrogens is 280 g/mol. The number of ether oxygens (including phenoxy) is 1. The number of hydrogen-bond acceptors (Lipinski definition) is 5. The summed E-state index contributed by atoms with van der Waals surface area (Å²) in [5, 5.41) is 12.2. The first-order chi connectivity index (χ1) is 10.6. The predicted octanol–water partition coefficient (Wildman–Crippen LogP) is 1.43. The van der Waals surface area contributed by atoms with Crippen LogP contribution in [0.5, 0.6) is 0 Å². The summed E-state index contributed by atoms with van der Waals surface area (Å²) in [5.74, 6) is -0.262. The molecule has 1 aromatic carbocycles. The monoisotopic (exact) mass is 300 g/mol. The molecule has 1 heterocycles. The summed E-state index contributed by atoms with van der Waals surface area (Å²) in [7, 11) is 3.91. The Morgan fingerprint density at radius 2 is 2.14 bits per heavy atom. The predicted molar refractivity (Wildman–Crippen MR) is 85.5 cm³/mol. The lowest BCUT2D eigenvalue weighted by Gasteiger charge is -2.26. The Hall–Kier alpha value is -2.52. The molecule has 0 unspecified atom stereocenters. The topological polar surface area (TPSA) is 68.6 Å². The first-order valence-corrected chi connectivity index (χ1v) is 7.13. The van der Waals surface area contributed by atoms with Crippen LogP contribution < -0.4 is 10.2 Å². The summed E-state index contributed by atoms with van der Waals surface area (Å²) >= 11 is 0. The normalized spacial score (nSPS) is 15.1. The van der Waals surface area contributed by atoms with E-state index in [-0.39, 0.29) is 11.5 Å². The highest BCUT2D eigenvalue weighted by atomic mass is 16.5. The first kappa shape index (κ1) is 15.9. The summed E-state index contributed by atoms with van der Waals surface area (Å²) < 4.78 is 5.21. The van der Waals surface area contributed by atoms with E-state index in [2.05, 4.69) is 5.32 Å². The summed E-state index contributed by atoms with van der Waals surface area (Å²) in [4.78, 5) is 15.9. The third kappa shape index (κ3) is 3.99. The molecule has 0 aliphatic carbocycles. The highest BCUT2D eigenvalue weighted by Gasteiger charge is 2.20. The second kappa shape index (κ2) is 7.48. The van der Waals surface area contributed by atoms with Gasteiger partial charge in [0.25, 0.3) is 5.91 Å². The molecule has 0 radical (unpaired) electrons. The van der Waals surface area contributed by atoms with E-state index in [0.717, 1.165) is 11.4 Å². The van der Waals surface area contributed by atoms with Crippen molar-refractivity contribution in [3.05, 3.63) is 36.0 Å². The average molecular weight is 300 g/mol. The van der Waals surface area contributed by atoms with Gasteiger partial charge in [-0.25, -0.2) is 0 Å². The van der Waals surface area contributed by atoms with Crippen LogP contribution >= 0.6 is 0 Å². The second-order valence-electron chi connectivity index (χ2n) is 5.16. The Bertz CT molecular complexity index is 598. The maximum Gasteiger partial charge on any atom is 0.266 e. The van der Waals surface area contributed by atoms with Gasteiger partial charge in [-0.1, -0.05) is 6.07 Å². The molecule has 0 saturated carbocycles. The van der Waals surface area contributed by atoms with Crippen molar-refractivity contribution in [3.63, 3.8) is 0 Å². The quantitative estimate of drug-likeness (QED) is 0.673. The van der Waals surface area contributed by atoms with Crippen molar-refractivity contribution in [2.45, 2.75) is 0 Å². The lowest BCUT2D eigenvalue weighted by molar-refractivity contribution is -0.130. The summed E-state index contributed by atoms with van der Waals surface area (Å²) in [6, 6.07) is 9.70. The van der Waals surface area contributed by atoms with Crippen LogP contribution in [0.25, 0.3) is 0 Å². The number of hydrogen-bond donors (Lipinski definition) is 1. The fraction of sp³-hybridized carbons (Fsp3) is 0.375. The average Bonchev–Trinajstić information content (AvgIpc) is 2.56. The van der Waals surface area contributed by atoms with Crippen molar-refractivity contribution in [3.8, 4) is 6.07 Å². The second-order valence-corrected chi connectivity index (χ2v) is 5.16. The molecule has 0 spiro atoms. The number of nitrogens with one attached hydrogen (secondary N) is 1. The number of amides is 1. The molecule has 1 saturated heterocycles. The van der Waals surface area contributed by atoms with E-state index in [1.807, 2.05) is 49.3 Å². The number of nitriles is 1. The fourth-order valence-electron chi connectivity index (χ4n) is 2.11. The zero-order valence-corrected chi connectivity index (χ0v) is 12.9. The van der Waals surface area contributed by atoms with Gasteiger partial charge in [0.05, 0.1) is 13.2 Å². The summed E-state index contributed by atoms with van der Waals surface area (Å²) in [5.41, 5.74) is 1.96. The fourth-order valence-corrected chi connectivity index (χ4v) is 2.11. The molecule has 0 atom stereocenters. The molecule has 1 N–H and O–H groups in total. The molecule has 116 valence electrons. The highest BCUT2D eigenvalue weighted by Crippen LogP contribution is 2.17. The number of carbonyl (C=O) groups excluding carboxylic acids is 1. The standard InChI is InChI=1S/C16H20N4O2/c1-19(2)15-5-3-4-14(10-15)18-12-13(11-17)16(21)20-6-8-22-9-7-20/h3-5,10,12,18H,6-9H2,1-2H3/b13-12-. The van der Waals surface area contributed by atoms with Gasteiger partial charge in [-0.05, 0) is 18.2 Å². The molecule has 1 fully saturated rings. The van der Waals surface area contributed by atoms with Crippen LogP contribution in [0.3, 0.4) is 0 Å². The molecule has 1 aliphatic heterocycles. The van der Waals surface area contributed by atoms with Gasteiger partial charge >= 0.3 is 0 Å². The van der Waals surface area contributed by atoms with Gasteiger partial charge in [0.1, 0.15) is 11.6 Å². The van der Waals surface area contributed by atoms with Crippen molar-refractivity contribution in [2.75, 3.05) is 50.6 Å². The van der Waals surface area contributed by atoms with Gasteiger partial charge in [0.2, 0.25) is 0 Å². The van der Waals surface area contributed by atoms with Gasteiger partial charge in [0, 0.05) is 44.8 Å². The van der Waals surface area contributed by atoms with E-state index in [1.165, 1.54) is 6.20 Å². The van der Waals surface area contributed by atoms with E-state index in [1.54, 1.807) is 4.90 Å². The van der Waals surface area contributed by atoms with Crippen LogP contribution in [0, 0.1) is 11.3 Å². The Morgan fingerprint density at radius 3 is 2.77 bits per heavy atom. The molecule has 0 aromatic heterocycles. The smallest absolute Gasteiger partial charge is 0.266 e. The van der Waals surface area contributed by atoms with Gasteiger partial charge in [0.15, 0.2) is 0 Å². The summed E-state index contributed by atoms with van der Waals surface area (Å²) in [6.45, 7) is 2.08. The van der Waals surface area contributed by atoms with Crippen molar-refractivity contribution in [1.29, 1.82) is 5.26 Å². The maximum atomic E-state index is 12.3. The Labute approximate surface area is 130 Å². The molecule has 0 bridgehead atoms. The van der Waals surface area contributed by atoms with E-state index in [4.69, 9.17) is 4.74 Å². The zero-order chi connectivity index (χ0) is 15.9. The van der Waals surface area contributed by atoms with Crippen LogP contribution in [0.2, 0.25) is 0 Å². The number of benzene rings is 1. The van der Waals surface area contributed by atoms with Crippen molar-refractivity contribution in [1.82, 2.24) is 4.90 Å². The molecular formula is C16H20N4O2. The van der Waals surface area contributed by atoms with Crippen LogP contribution in [0.1, 0.15) is 0 Å². The Balaban J connectivity index is 2.07. The Morgan fingerprint density at radius 1 is 1.41 bits per heavy atom. The minimum Gasteiger partial charge on any atom is -0.378 e. The van der Waals surface area contributed by atoms with Crippen molar-refractivity contribution in [2.24, 2.45) is 0 Å². The van der Waals surface area contributed by atoms with Crippen LogP contribution in [-0.4, -0.2) is 51.2 Å². The van der Waals surface area contributed by atoms with Crippen LogP contribution in [0.4, 0.5) is 11.4 Å². The van der Waals surface area contributed by atoms with Gasteiger partial charge in [-0.3, -0.25) is 4.79 Å². The molecule has 1 aliphatic rings. The van der Waals surface area contributed by atoms with E-state index in [9.17, 15) is 10.1 Å². The third-order valence-electron chi connectivity index (χ3n) is 3.39. The molecule has 2 rings (SSSR count). The highest BCUT2D eigenvalue weighted by molar-refractivity contribution is 5.97. The largest absolute Gasteiger partial charge is 0.378 e. The van der Waals surface area contributed by atoms with Crippen LogP contribution in [-0.2, 0) is 9.53 Å².